The largest absolute Gasteiger partial charge is 0.497 e. The molecule has 2 aromatic heterocycles. The van der Waals surface area contributed by atoms with Gasteiger partial charge in [-0.15, -0.1) is 34.2 Å². The van der Waals surface area contributed by atoms with E-state index in [1.54, 1.807) is 25.4 Å². The molecule has 8 nitrogen and oxygen atoms in total. The van der Waals surface area contributed by atoms with Gasteiger partial charge in [-0.1, -0.05) is 12.1 Å². The molecule has 0 radical (unpaired) electrons. The zero-order valence-corrected chi connectivity index (χ0v) is 22.0. The highest BCUT2D eigenvalue weighted by atomic mass is 127. The Hall–Kier alpha value is -2.18. The molecule has 174 valence electrons. The van der Waals surface area contributed by atoms with Gasteiger partial charge in [0, 0.05) is 13.6 Å². The van der Waals surface area contributed by atoms with Crippen molar-refractivity contribution in [3.05, 3.63) is 63.9 Å². The summed E-state index contributed by atoms with van der Waals surface area (Å²) in [7, 11) is 3.58. The van der Waals surface area contributed by atoms with E-state index in [4.69, 9.17) is 4.74 Å². The fraction of sp³-hybridized carbons (Fsp3) is 0.409. The summed E-state index contributed by atoms with van der Waals surface area (Å²) in [4.78, 5) is 4.65. The summed E-state index contributed by atoms with van der Waals surface area (Å²) >= 11 is 1.57. The zero-order valence-electron chi connectivity index (χ0n) is 18.8. The highest BCUT2D eigenvalue weighted by Gasteiger charge is 2.23. The van der Waals surface area contributed by atoms with Gasteiger partial charge in [-0.25, -0.2) is 4.99 Å². The second-order valence-electron chi connectivity index (χ2n) is 7.55. The minimum absolute atomic E-state index is 0. The molecule has 32 heavy (non-hydrogen) atoms. The van der Waals surface area contributed by atoms with E-state index in [0.717, 1.165) is 29.4 Å². The van der Waals surface area contributed by atoms with Gasteiger partial charge in [0.15, 0.2) is 11.8 Å². The van der Waals surface area contributed by atoms with Crippen LogP contribution in [0.25, 0.3) is 0 Å². The van der Waals surface area contributed by atoms with Gasteiger partial charge in [0.05, 0.1) is 13.7 Å². The predicted molar refractivity (Wildman–Crippen MR) is 139 cm³/mol. The highest BCUT2D eigenvalue weighted by molar-refractivity contribution is 14.0. The molecule has 0 saturated carbocycles. The first-order chi connectivity index (χ1) is 14.9. The van der Waals surface area contributed by atoms with Crippen molar-refractivity contribution in [3.8, 4) is 5.75 Å². The molecule has 10 heteroatoms. The zero-order chi connectivity index (χ0) is 22.3. The summed E-state index contributed by atoms with van der Waals surface area (Å²) in [5.74, 6) is 3.07. The van der Waals surface area contributed by atoms with E-state index in [2.05, 4.69) is 38.0 Å². The maximum atomic E-state index is 10.8. The van der Waals surface area contributed by atoms with Crippen molar-refractivity contribution in [2.45, 2.75) is 32.4 Å². The predicted octanol–water partition coefficient (Wildman–Crippen LogP) is 3.00. The fourth-order valence-electron chi connectivity index (χ4n) is 2.96. The second-order valence-corrected chi connectivity index (χ2v) is 8.33. The molecule has 1 atom stereocenters. The van der Waals surface area contributed by atoms with Gasteiger partial charge < -0.3 is 25.0 Å². The van der Waals surface area contributed by atoms with Crippen molar-refractivity contribution in [1.82, 2.24) is 25.4 Å². The van der Waals surface area contributed by atoms with Gasteiger partial charge in [0.25, 0.3) is 0 Å². The van der Waals surface area contributed by atoms with Crippen LogP contribution in [-0.4, -0.2) is 46.0 Å². The maximum absolute atomic E-state index is 10.8. The number of aromatic nitrogens is 3. The first-order valence-corrected chi connectivity index (χ1v) is 11.1. The lowest BCUT2D eigenvalue weighted by Gasteiger charge is -2.24. The van der Waals surface area contributed by atoms with Crippen LogP contribution in [0.3, 0.4) is 0 Å². The van der Waals surface area contributed by atoms with Crippen LogP contribution in [0.1, 0.15) is 29.7 Å². The number of methoxy groups -OCH3 is 1. The number of nitrogens with zero attached hydrogens (tertiary/aromatic N) is 4. The van der Waals surface area contributed by atoms with E-state index >= 15 is 0 Å². The number of aliphatic hydroxyl groups is 1. The number of nitrogens with one attached hydrogen (secondary N) is 2. The normalized spacial score (nSPS) is 13.2. The molecule has 0 aliphatic heterocycles. The van der Waals surface area contributed by atoms with Crippen LogP contribution in [0.4, 0.5) is 0 Å². The monoisotopic (exact) mass is 570 g/mol. The molecule has 1 unspecified atom stereocenters. The van der Waals surface area contributed by atoms with Crippen molar-refractivity contribution >= 4 is 41.3 Å². The van der Waals surface area contributed by atoms with E-state index < -0.39 is 5.60 Å². The third kappa shape index (κ3) is 7.17. The summed E-state index contributed by atoms with van der Waals surface area (Å²) in [6, 6.07) is 9.94. The van der Waals surface area contributed by atoms with Crippen molar-refractivity contribution in [2.24, 2.45) is 12.0 Å². The minimum atomic E-state index is -1.00. The number of rotatable bonds is 9. The Morgan fingerprint density at radius 2 is 1.97 bits per heavy atom. The van der Waals surface area contributed by atoms with E-state index in [0.29, 0.717) is 25.6 Å². The number of ether oxygens (including phenoxy) is 1. The fourth-order valence-corrected chi connectivity index (χ4v) is 3.74. The number of hydrogen-bond acceptors (Lipinski definition) is 6. The molecule has 0 aliphatic rings. The molecule has 0 fully saturated rings. The number of thiophene rings is 1. The van der Waals surface area contributed by atoms with Gasteiger partial charge >= 0.3 is 0 Å². The Balaban J connectivity index is 0.00000363. The van der Waals surface area contributed by atoms with Gasteiger partial charge in [0.2, 0.25) is 0 Å². The summed E-state index contributed by atoms with van der Waals surface area (Å²) in [5, 5.41) is 29.6. The van der Waals surface area contributed by atoms with Crippen LogP contribution in [0, 0.1) is 6.92 Å². The molecule has 0 spiro atoms. The SMILES string of the molecule is COc1ccc(CCNC(=NCc2nnc(C)n2C)NCC(C)(O)c2ccsc2)cc1.I. The number of halogens is 1. The van der Waals surface area contributed by atoms with Crippen molar-refractivity contribution in [1.29, 1.82) is 0 Å². The molecule has 3 N–H and O–H groups in total. The van der Waals surface area contributed by atoms with Crippen LogP contribution in [-0.2, 0) is 25.6 Å². The summed E-state index contributed by atoms with van der Waals surface area (Å²) in [5.41, 5.74) is 1.08. The number of aliphatic imine (C=N–C) groups is 1. The Morgan fingerprint density at radius 3 is 2.56 bits per heavy atom. The van der Waals surface area contributed by atoms with Crippen LogP contribution in [0.2, 0.25) is 0 Å². The second kappa shape index (κ2) is 12.2. The van der Waals surface area contributed by atoms with Crippen LogP contribution < -0.4 is 15.4 Å². The standard InChI is InChI=1S/C22H30N6O2S.HI/c1-16-26-27-20(28(16)3)13-24-21(25-15-22(2,29)18-10-12-31-14-18)23-11-9-17-5-7-19(30-4)8-6-17;/h5-8,10,12,14,29H,9,11,13,15H2,1-4H3,(H2,23,24,25);1H. The Morgan fingerprint density at radius 1 is 1.22 bits per heavy atom. The van der Waals surface area contributed by atoms with Crippen molar-refractivity contribution < 1.29 is 9.84 Å². The summed E-state index contributed by atoms with van der Waals surface area (Å²) < 4.78 is 7.13. The molecule has 2 heterocycles. The van der Waals surface area contributed by atoms with Crippen molar-refractivity contribution in [2.75, 3.05) is 20.2 Å². The lowest BCUT2D eigenvalue weighted by Crippen LogP contribution is -2.45. The van der Waals surface area contributed by atoms with E-state index in [-0.39, 0.29) is 24.0 Å². The molecule has 0 saturated heterocycles. The Labute approximate surface area is 210 Å². The molecule has 1 aromatic carbocycles. The summed E-state index contributed by atoms with van der Waals surface area (Å²) in [6.07, 6.45) is 0.828. The smallest absolute Gasteiger partial charge is 0.191 e. The quantitative estimate of drug-likeness (QED) is 0.208. The molecule has 0 bridgehead atoms. The van der Waals surface area contributed by atoms with Crippen molar-refractivity contribution in [3.63, 3.8) is 0 Å². The highest BCUT2D eigenvalue weighted by Crippen LogP contribution is 2.22. The summed E-state index contributed by atoms with van der Waals surface area (Å²) in [6.45, 7) is 5.11. The van der Waals surface area contributed by atoms with Gasteiger partial charge in [-0.2, -0.15) is 11.3 Å². The third-order valence-corrected chi connectivity index (χ3v) is 5.85. The average molecular weight is 571 g/mol. The van der Waals surface area contributed by atoms with E-state index in [1.165, 1.54) is 5.56 Å². The lowest BCUT2D eigenvalue weighted by molar-refractivity contribution is 0.0621. The third-order valence-electron chi connectivity index (χ3n) is 5.17. The number of aryl methyl sites for hydroxylation is 1. The number of benzene rings is 1. The molecule has 3 aromatic rings. The topological polar surface area (TPSA) is 96.6 Å². The number of hydrogen-bond donors (Lipinski definition) is 3. The average Bonchev–Trinajstić information content (AvgIpc) is 3.42. The van der Waals surface area contributed by atoms with Crippen LogP contribution in [0.5, 0.6) is 5.75 Å². The van der Waals surface area contributed by atoms with E-state index in [9.17, 15) is 5.11 Å². The molecule has 3 rings (SSSR count). The van der Waals surface area contributed by atoms with Gasteiger partial charge in [-0.3, -0.25) is 0 Å². The van der Waals surface area contributed by atoms with Gasteiger partial charge in [-0.05, 0) is 60.4 Å². The molecular formula is C22H31IN6O2S. The maximum Gasteiger partial charge on any atom is 0.191 e. The molecule has 0 aliphatic carbocycles. The first kappa shape index (κ1) is 26.1. The Bertz CT molecular complexity index is 987. The molecular weight excluding hydrogens is 539 g/mol. The number of guanidine groups is 1. The minimum Gasteiger partial charge on any atom is -0.497 e. The lowest BCUT2D eigenvalue weighted by atomic mass is 9.99. The van der Waals surface area contributed by atoms with E-state index in [1.807, 2.05) is 47.5 Å². The Kier molecular flexibility index (Phi) is 9.91. The van der Waals surface area contributed by atoms with Crippen LogP contribution in [0.15, 0.2) is 46.1 Å². The van der Waals surface area contributed by atoms with Crippen LogP contribution >= 0.6 is 35.3 Å². The molecule has 0 amide bonds. The first-order valence-electron chi connectivity index (χ1n) is 10.1. The van der Waals surface area contributed by atoms with Gasteiger partial charge in [0.1, 0.15) is 23.7 Å².